The molecule has 0 spiro atoms. The van der Waals surface area contributed by atoms with Crippen molar-refractivity contribution in [3.05, 3.63) is 140 Å². The van der Waals surface area contributed by atoms with Crippen LogP contribution in [0.25, 0.3) is 56.2 Å². The highest BCUT2D eigenvalue weighted by Crippen LogP contribution is 2.31. The molecule has 0 amide bonds. The fourth-order valence-corrected chi connectivity index (χ4v) is 4.99. The Morgan fingerprint density at radius 1 is 0.489 bits per heavy atom. The maximum atomic E-state index is 10.4. The zero-order valence-corrected chi connectivity index (χ0v) is 26.2. The predicted molar refractivity (Wildman–Crippen MR) is 187 cm³/mol. The first kappa shape index (κ1) is 30.2. The van der Waals surface area contributed by atoms with Crippen molar-refractivity contribution in [1.29, 1.82) is 0 Å². The van der Waals surface area contributed by atoms with Crippen molar-refractivity contribution >= 4 is 12.9 Å². The molecule has 5 aromatic carbocycles. The summed E-state index contributed by atoms with van der Waals surface area (Å²) in [4.78, 5) is 9.98. The molecular formula is C40H37BN2O2. The Kier molecular flexibility index (Phi) is 8.49. The van der Waals surface area contributed by atoms with E-state index in [0.29, 0.717) is 13.3 Å². The summed E-state index contributed by atoms with van der Waals surface area (Å²) >= 11 is 0. The maximum absolute atomic E-state index is 10.4. The molecule has 0 aliphatic carbocycles. The predicted octanol–water partition coefficient (Wildman–Crippen LogP) is 8.35. The topological polar surface area (TPSA) is 55.2 Å². The summed E-state index contributed by atoms with van der Waals surface area (Å²) in [7, 11) is 0.435. The molecule has 0 atom stereocenters. The van der Waals surface area contributed by atoms with E-state index in [-0.39, 0.29) is 0 Å². The van der Waals surface area contributed by atoms with Gasteiger partial charge in [0.25, 0.3) is 0 Å². The van der Waals surface area contributed by atoms with Gasteiger partial charge in [-0.3, -0.25) is 0 Å². The monoisotopic (exact) mass is 588 g/mol. The van der Waals surface area contributed by atoms with Crippen LogP contribution in [-0.4, -0.2) is 33.8 Å². The second-order valence-corrected chi connectivity index (χ2v) is 12.4. The summed E-state index contributed by atoms with van der Waals surface area (Å²) in [5.41, 5.74) is 8.88. The van der Waals surface area contributed by atoms with E-state index in [1.807, 2.05) is 50.2 Å². The van der Waals surface area contributed by atoms with Crippen LogP contribution in [0.2, 0.25) is 0 Å². The molecule has 0 saturated carbocycles. The lowest BCUT2D eigenvalue weighted by molar-refractivity contribution is -0.0893. The van der Waals surface area contributed by atoms with Crippen LogP contribution in [0.5, 0.6) is 0 Å². The minimum atomic E-state index is -0.937. The molecule has 6 aromatic rings. The summed E-state index contributed by atoms with van der Waals surface area (Å²) in [6.07, 6.45) is 0. The molecular weight excluding hydrogens is 551 g/mol. The molecule has 4 nitrogen and oxygen atoms in total. The van der Waals surface area contributed by atoms with Gasteiger partial charge in [-0.05, 0) is 56.0 Å². The standard InChI is InChI=1S/C40H37BN2O2/c1-39(2,44)40(3,4)45-41-35-25-23-31(24-26-35)30-17-21-33(22-18-30)37-27-36(42-38(43-37)34-13-9-6-10-14-34)32-19-15-29(16-20-32)28-11-7-5-8-12-28/h5-27,41,44H,1-4H3. The summed E-state index contributed by atoms with van der Waals surface area (Å²) in [5, 5.41) is 10.4. The van der Waals surface area contributed by atoms with Crippen LogP contribution in [0, 0.1) is 0 Å². The summed E-state index contributed by atoms with van der Waals surface area (Å²) < 4.78 is 6.04. The highest BCUT2D eigenvalue weighted by molar-refractivity contribution is 6.47. The first-order valence-electron chi connectivity index (χ1n) is 15.3. The van der Waals surface area contributed by atoms with E-state index >= 15 is 0 Å². The number of benzene rings is 5. The Morgan fingerprint density at radius 3 is 1.31 bits per heavy atom. The number of hydrogen-bond acceptors (Lipinski definition) is 4. The Labute approximate surface area is 266 Å². The Balaban J connectivity index is 1.26. The van der Waals surface area contributed by atoms with Gasteiger partial charge < -0.3 is 9.76 Å². The number of aromatic nitrogens is 2. The van der Waals surface area contributed by atoms with Gasteiger partial charge >= 0.3 is 7.48 Å². The van der Waals surface area contributed by atoms with Gasteiger partial charge in [-0.2, -0.15) is 0 Å². The SMILES string of the molecule is CC(C)(O)C(C)(C)OBc1ccc(-c2ccc(-c3cc(-c4ccc(-c5ccccc5)cc4)nc(-c4ccccc4)n3)cc2)cc1. The number of nitrogens with zero attached hydrogens (tertiary/aromatic N) is 2. The molecule has 0 unspecified atom stereocenters. The van der Waals surface area contributed by atoms with Crippen molar-refractivity contribution in [3.8, 4) is 56.2 Å². The summed E-state index contributed by atoms with van der Waals surface area (Å²) in [6, 6.07) is 48.1. The van der Waals surface area contributed by atoms with Crippen molar-refractivity contribution in [3.63, 3.8) is 0 Å². The maximum Gasteiger partial charge on any atom is 0.309 e. The largest absolute Gasteiger partial charge is 0.427 e. The zero-order valence-electron chi connectivity index (χ0n) is 26.2. The molecule has 45 heavy (non-hydrogen) atoms. The molecule has 0 aliphatic heterocycles. The van der Waals surface area contributed by atoms with Crippen molar-refractivity contribution in [1.82, 2.24) is 9.97 Å². The number of hydrogen-bond donors (Lipinski definition) is 1. The van der Waals surface area contributed by atoms with Crippen molar-refractivity contribution in [2.24, 2.45) is 0 Å². The van der Waals surface area contributed by atoms with E-state index < -0.39 is 11.2 Å². The molecule has 0 bridgehead atoms. The van der Waals surface area contributed by atoms with E-state index in [4.69, 9.17) is 14.6 Å². The molecule has 0 saturated heterocycles. The van der Waals surface area contributed by atoms with Crippen LogP contribution in [0.15, 0.2) is 140 Å². The second-order valence-electron chi connectivity index (χ2n) is 12.4. The van der Waals surface area contributed by atoms with E-state index in [2.05, 4.69) is 103 Å². The van der Waals surface area contributed by atoms with E-state index in [9.17, 15) is 5.11 Å². The third-order valence-electron chi connectivity index (χ3n) is 8.59. The van der Waals surface area contributed by atoms with Crippen LogP contribution in [-0.2, 0) is 4.65 Å². The van der Waals surface area contributed by atoms with Crippen LogP contribution in [0.3, 0.4) is 0 Å². The van der Waals surface area contributed by atoms with Gasteiger partial charge in [0.2, 0.25) is 0 Å². The van der Waals surface area contributed by atoms with E-state index in [1.54, 1.807) is 13.8 Å². The lowest BCUT2D eigenvalue weighted by Crippen LogP contribution is -2.49. The smallest absolute Gasteiger partial charge is 0.309 e. The molecule has 1 N–H and O–H groups in total. The Hall–Kier alpha value is -4.84. The summed E-state index contributed by atoms with van der Waals surface area (Å²) in [6.45, 7) is 7.36. The highest BCUT2D eigenvalue weighted by atomic mass is 16.5. The van der Waals surface area contributed by atoms with Gasteiger partial charge in [0.15, 0.2) is 5.82 Å². The van der Waals surface area contributed by atoms with Crippen LogP contribution >= 0.6 is 0 Å². The molecule has 5 heteroatoms. The Bertz CT molecular complexity index is 1860. The fourth-order valence-electron chi connectivity index (χ4n) is 4.99. The fraction of sp³-hybridized carbons (Fsp3) is 0.150. The first-order chi connectivity index (χ1) is 21.7. The van der Waals surface area contributed by atoms with Gasteiger partial charge in [0.05, 0.1) is 22.6 Å². The third kappa shape index (κ3) is 6.96. The molecule has 1 heterocycles. The summed E-state index contributed by atoms with van der Waals surface area (Å²) in [5.74, 6) is 0.699. The van der Waals surface area contributed by atoms with Gasteiger partial charge in [-0.1, -0.05) is 139 Å². The minimum absolute atomic E-state index is 0.435. The number of rotatable bonds is 9. The van der Waals surface area contributed by atoms with E-state index in [1.165, 1.54) is 11.1 Å². The van der Waals surface area contributed by atoms with Crippen LogP contribution in [0.1, 0.15) is 27.7 Å². The quantitative estimate of drug-likeness (QED) is 0.173. The van der Waals surface area contributed by atoms with Gasteiger partial charge in [-0.25, -0.2) is 9.97 Å². The van der Waals surface area contributed by atoms with Gasteiger partial charge in [0, 0.05) is 16.7 Å². The average molecular weight is 589 g/mol. The molecule has 0 radical (unpaired) electrons. The lowest BCUT2D eigenvalue weighted by Gasteiger charge is -2.37. The van der Waals surface area contributed by atoms with Crippen LogP contribution < -0.4 is 5.46 Å². The lowest BCUT2D eigenvalue weighted by atomic mass is 9.82. The normalized spacial score (nSPS) is 11.8. The average Bonchev–Trinajstić information content (AvgIpc) is 3.08. The van der Waals surface area contributed by atoms with Crippen LogP contribution in [0.4, 0.5) is 0 Å². The van der Waals surface area contributed by atoms with Gasteiger partial charge in [0.1, 0.15) is 0 Å². The minimum Gasteiger partial charge on any atom is -0.427 e. The molecule has 1 aromatic heterocycles. The van der Waals surface area contributed by atoms with Crippen molar-refractivity contribution in [2.75, 3.05) is 0 Å². The first-order valence-corrected chi connectivity index (χ1v) is 15.3. The third-order valence-corrected chi connectivity index (χ3v) is 8.59. The van der Waals surface area contributed by atoms with Crippen molar-refractivity contribution in [2.45, 2.75) is 38.9 Å². The molecule has 0 aliphatic rings. The zero-order chi connectivity index (χ0) is 31.4. The van der Waals surface area contributed by atoms with Crippen molar-refractivity contribution < 1.29 is 9.76 Å². The second kappa shape index (κ2) is 12.6. The highest BCUT2D eigenvalue weighted by Gasteiger charge is 2.35. The molecule has 6 rings (SSSR count). The van der Waals surface area contributed by atoms with Gasteiger partial charge in [-0.15, -0.1) is 0 Å². The van der Waals surface area contributed by atoms with E-state index in [0.717, 1.165) is 44.7 Å². The molecule has 0 fully saturated rings. The molecule has 222 valence electrons. The Morgan fingerprint density at radius 2 is 0.867 bits per heavy atom. The number of aliphatic hydroxyl groups is 1.